The standard InChI is InChI=1S/C15H10FN5/c1-10-15(21-9-12(16)5-6-14(21)18-10)20-19-13-4-2-3-11(7-13)8-17/h2-7,9H,1H3. The maximum Gasteiger partial charge on any atom is 0.182 e. The van der Waals surface area contributed by atoms with Gasteiger partial charge in [0, 0.05) is 6.20 Å². The molecule has 102 valence electrons. The molecule has 3 rings (SSSR count). The summed E-state index contributed by atoms with van der Waals surface area (Å²) in [5.74, 6) is 0.0923. The Labute approximate surface area is 120 Å². The van der Waals surface area contributed by atoms with Gasteiger partial charge < -0.3 is 0 Å². The van der Waals surface area contributed by atoms with Gasteiger partial charge in [0.05, 0.1) is 23.0 Å². The number of imidazole rings is 1. The average molecular weight is 279 g/mol. The smallest absolute Gasteiger partial charge is 0.182 e. The molecule has 0 aliphatic rings. The number of hydrogen-bond donors (Lipinski definition) is 0. The topological polar surface area (TPSA) is 65.8 Å². The van der Waals surface area contributed by atoms with Crippen LogP contribution in [0.5, 0.6) is 0 Å². The van der Waals surface area contributed by atoms with Crippen molar-refractivity contribution < 1.29 is 4.39 Å². The summed E-state index contributed by atoms with van der Waals surface area (Å²) in [4.78, 5) is 4.29. The van der Waals surface area contributed by atoms with Crippen molar-refractivity contribution in [1.82, 2.24) is 9.38 Å². The Hall–Kier alpha value is -3.07. The number of hydrogen-bond acceptors (Lipinski definition) is 4. The van der Waals surface area contributed by atoms with E-state index in [1.165, 1.54) is 12.3 Å². The normalized spacial score (nSPS) is 11.1. The van der Waals surface area contributed by atoms with E-state index in [2.05, 4.69) is 15.2 Å². The molecule has 0 saturated carbocycles. The molecule has 0 radical (unpaired) electrons. The number of aryl methyl sites for hydroxylation is 1. The van der Waals surface area contributed by atoms with E-state index in [1.807, 2.05) is 6.07 Å². The van der Waals surface area contributed by atoms with E-state index >= 15 is 0 Å². The van der Waals surface area contributed by atoms with Crippen LogP contribution in [0, 0.1) is 24.1 Å². The first-order chi connectivity index (χ1) is 10.2. The Morgan fingerprint density at radius 2 is 2.10 bits per heavy atom. The first-order valence-electron chi connectivity index (χ1n) is 6.23. The van der Waals surface area contributed by atoms with E-state index in [9.17, 15) is 4.39 Å². The Balaban J connectivity index is 2.05. The van der Waals surface area contributed by atoms with Gasteiger partial charge in [-0.25, -0.2) is 9.37 Å². The highest BCUT2D eigenvalue weighted by atomic mass is 19.1. The lowest BCUT2D eigenvalue weighted by molar-refractivity contribution is 0.619. The highest BCUT2D eigenvalue weighted by Crippen LogP contribution is 2.24. The van der Waals surface area contributed by atoms with Gasteiger partial charge in [-0.3, -0.25) is 4.40 Å². The van der Waals surface area contributed by atoms with Gasteiger partial charge in [0.1, 0.15) is 11.5 Å². The number of aromatic nitrogens is 2. The third-order valence-electron chi connectivity index (χ3n) is 2.96. The van der Waals surface area contributed by atoms with Crippen LogP contribution < -0.4 is 0 Å². The Morgan fingerprint density at radius 3 is 2.90 bits per heavy atom. The second-order valence-corrected chi connectivity index (χ2v) is 4.46. The number of benzene rings is 1. The van der Waals surface area contributed by atoms with Crippen molar-refractivity contribution in [3.05, 3.63) is 59.7 Å². The van der Waals surface area contributed by atoms with Crippen LogP contribution in [0.4, 0.5) is 15.9 Å². The van der Waals surface area contributed by atoms with Gasteiger partial charge >= 0.3 is 0 Å². The molecule has 0 unspecified atom stereocenters. The van der Waals surface area contributed by atoms with Crippen molar-refractivity contribution >= 4 is 17.2 Å². The van der Waals surface area contributed by atoms with E-state index in [1.54, 1.807) is 41.7 Å². The Bertz CT molecular complexity index is 889. The number of rotatable bonds is 2. The number of halogens is 1. The van der Waals surface area contributed by atoms with Gasteiger partial charge in [0.15, 0.2) is 5.82 Å². The maximum absolute atomic E-state index is 13.3. The molecule has 0 amide bonds. The lowest BCUT2D eigenvalue weighted by atomic mass is 10.2. The predicted molar refractivity (Wildman–Crippen MR) is 75.2 cm³/mol. The molecule has 0 bridgehead atoms. The van der Waals surface area contributed by atoms with Crippen LogP contribution in [0.25, 0.3) is 5.65 Å². The molecule has 21 heavy (non-hydrogen) atoms. The van der Waals surface area contributed by atoms with Crippen molar-refractivity contribution in [1.29, 1.82) is 5.26 Å². The van der Waals surface area contributed by atoms with Gasteiger partial charge in [-0.2, -0.15) is 5.26 Å². The third kappa shape index (κ3) is 2.49. The van der Waals surface area contributed by atoms with Crippen molar-refractivity contribution in [3.63, 3.8) is 0 Å². The molecular weight excluding hydrogens is 269 g/mol. The van der Waals surface area contributed by atoms with E-state index in [-0.39, 0.29) is 5.82 Å². The second kappa shape index (κ2) is 5.13. The summed E-state index contributed by atoms with van der Waals surface area (Å²) in [7, 11) is 0. The molecule has 0 atom stereocenters. The monoisotopic (exact) mass is 279 g/mol. The first-order valence-corrected chi connectivity index (χ1v) is 6.23. The average Bonchev–Trinajstić information content (AvgIpc) is 2.80. The summed E-state index contributed by atoms with van der Waals surface area (Å²) >= 11 is 0. The number of azo groups is 1. The minimum absolute atomic E-state index is 0.372. The highest BCUT2D eigenvalue weighted by molar-refractivity contribution is 5.52. The summed E-state index contributed by atoms with van der Waals surface area (Å²) in [5.41, 5.74) is 2.32. The molecule has 3 aromatic rings. The van der Waals surface area contributed by atoms with E-state index < -0.39 is 0 Å². The molecule has 0 spiro atoms. The van der Waals surface area contributed by atoms with Crippen molar-refractivity contribution in [2.45, 2.75) is 6.92 Å². The molecular formula is C15H10FN5. The fourth-order valence-electron chi connectivity index (χ4n) is 1.99. The molecule has 2 aromatic heterocycles. The molecule has 0 fully saturated rings. The van der Waals surface area contributed by atoms with Crippen molar-refractivity contribution in [3.8, 4) is 6.07 Å². The maximum atomic E-state index is 13.3. The zero-order valence-electron chi connectivity index (χ0n) is 11.2. The molecule has 0 aliphatic heterocycles. The minimum atomic E-state index is -0.372. The van der Waals surface area contributed by atoms with Crippen LogP contribution in [0.15, 0.2) is 52.8 Å². The number of fused-ring (bicyclic) bond motifs is 1. The summed E-state index contributed by atoms with van der Waals surface area (Å²) in [6.45, 7) is 1.78. The first kappa shape index (κ1) is 12.9. The lowest BCUT2D eigenvalue weighted by Crippen LogP contribution is -1.85. The van der Waals surface area contributed by atoms with Gasteiger partial charge in [-0.15, -0.1) is 10.2 Å². The largest absolute Gasteiger partial charge is 0.280 e. The number of pyridine rings is 1. The van der Waals surface area contributed by atoms with E-state index in [0.717, 1.165) is 0 Å². The molecule has 1 aromatic carbocycles. The molecule has 0 saturated heterocycles. The molecule has 0 aliphatic carbocycles. The van der Waals surface area contributed by atoms with E-state index in [4.69, 9.17) is 5.26 Å². The summed E-state index contributed by atoms with van der Waals surface area (Å²) in [6.07, 6.45) is 1.31. The van der Waals surface area contributed by atoms with E-state index in [0.29, 0.717) is 28.4 Å². The van der Waals surface area contributed by atoms with Gasteiger partial charge in [0.2, 0.25) is 0 Å². The fraction of sp³-hybridized carbons (Fsp3) is 0.0667. The second-order valence-electron chi connectivity index (χ2n) is 4.46. The summed E-state index contributed by atoms with van der Waals surface area (Å²) in [5, 5.41) is 17.1. The summed E-state index contributed by atoms with van der Waals surface area (Å²) < 4.78 is 14.9. The molecule has 2 heterocycles. The highest BCUT2D eigenvalue weighted by Gasteiger charge is 2.08. The third-order valence-corrected chi connectivity index (χ3v) is 2.96. The zero-order chi connectivity index (χ0) is 14.8. The van der Waals surface area contributed by atoms with Crippen molar-refractivity contribution in [2.75, 3.05) is 0 Å². The van der Waals surface area contributed by atoms with Gasteiger partial charge in [-0.1, -0.05) is 6.07 Å². The van der Waals surface area contributed by atoms with Crippen LogP contribution in [0.1, 0.15) is 11.3 Å². The summed E-state index contributed by atoms with van der Waals surface area (Å²) in [6, 6.07) is 11.8. The Kier molecular flexibility index (Phi) is 3.16. The SMILES string of the molecule is Cc1nc2ccc(F)cn2c1N=Nc1cccc(C#N)c1. The van der Waals surface area contributed by atoms with Crippen LogP contribution in [0.3, 0.4) is 0 Å². The molecule has 5 nitrogen and oxygen atoms in total. The quantitative estimate of drug-likeness (QED) is 0.664. The van der Waals surface area contributed by atoms with Crippen LogP contribution >= 0.6 is 0 Å². The fourth-order valence-corrected chi connectivity index (χ4v) is 1.99. The minimum Gasteiger partial charge on any atom is -0.280 e. The van der Waals surface area contributed by atoms with Crippen molar-refractivity contribution in [2.24, 2.45) is 10.2 Å². The number of nitrogens with zero attached hydrogens (tertiary/aromatic N) is 5. The van der Waals surface area contributed by atoms with Gasteiger partial charge in [-0.05, 0) is 37.3 Å². The lowest BCUT2D eigenvalue weighted by Gasteiger charge is -1.97. The van der Waals surface area contributed by atoms with Crippen LogP contribution in [0.2, 0.25) is 0 Å². The number of nitriles is 1. The zero-order valence-corrected chi connectivity index (χ0v) is 11.2. The molecule has 0 N–H and O–H groups in total. The van der Waals surface area contributed by atoms with Gasteiger partial charge in [0.25, 0.3) is 0 Å². The molecule has 6 heteroatoms. The Morgan fingerprint density at radius 1 is 1.24 bits per heavy atom. The predicted octanol–water partition coefficient (Wildman–Crippen LogP) is 4.07. The van der Waals surface area contributed by atoms with Crippen LogP contribution in [-0.2, 0) is 0 Å². The van der Waals surface area contributed by atoms with Crippen LogP contribution in [-0.4, -0.2) is 9.38 Å².